The molecule has 0 unspecified atom stereocenters. The highest BCUT2D eigenvalue weighted by Crippen LogP contribution is 2.16. The Kier molecular flexibility index (Phi) is 5.11. The van der Waals surface area contributed by atoms with Gasteiger partial charge < -0.3 is 4.74 Å². The van der Waals surface area contributed by atoms with E-state index in [2.05, 4.69) is 10.5 Å². The minimum Gasteiger partial charge on any atom is -0.457 e. The number of ether oxygens (including phenoxy) is 1. The summed E-state index contributed by atoms with van der Waals surface area (Å²) in [5.74, 6) is 2.16. The molecule has 1 aromatic rings. The normalized spacial score (nSPS) is 9.89. The lowest BCUT2D eigenvalue weighted by molar-refractivity contribution is -0.0696. The van der Waals surface area contributed by atoms with E-state index >= 15 is 0 Å². The van der Waals surface area contributed by atoms with Crippen LogP contribution in [0.25, 0.3) is 5.57 Å². The SMILES string of the molecule is CCOC([O])=C=C(C#CC(F)(F)F)c1ccccc1. The largest absolute Gasteiger partial charge is 0.458 e. The highest BCUT2D eigenvalue weighted by molar-refractivity contribution is 5.78. The van der Waals surface area contributed by atoms with Gasteiger partial charge in [-0.3, -0.25) is 0 Å². The van der Waals surface area contributed by atoms with Gasteiger partial charge in [0, 0.05) is 5.92 Å². The van der Waals surface area contributed by atoms with Gasteiger partial charge in [0.05, 0.1) is 12.2 Å². The molecular formula is C14H10F3O2. The lowest BCUT2D eigenvalue weighted by atomic mass is 10.1. The zero-order valence-electron chi connectivity index (χ0n) is 10.0. The van der Waals surface area contributed by atoms with Crippen molar-refractivity contribution in [2.24, 2.45) is 0 Å². The molecule has 0 spiro atoms. The molecular weight excluding hydrogens is 257 g/mol. The van der Waals surface area contributed by atoms with E-state index < -0.39 is 12.1 Å². The number of benzene rings is 1. The molecule has 99 valence electrons. The van der Waals surface area contributed by atoms with Crippen LogP contribution in [0.2, 0.25) is 0 Å². The van der Waals surface area contributed by atoms with Gasteiger partial charge in [0.1, 0.15) is 0 Å². The third kappa shape index (κ3) is 5.71. The number of alkyl halides is 3. The topological polar surface area (TPSA) is 29.1 Å². The van der Waals surface area contributed by atoms with Crippen molar-refractivity contribution in [2.75, 3.05) is 6.61 Å². The van der Waals surface area contributed by atoms with Crippen LogP contribution in [0.1, 0.15) is 12.5 Å². The molecule has 0 aliphatic carbocycles. The number of hydrogen-bond acceptors (Lipinski definition) is 1. The summed E-state index contributed by atoms with van der Waals surface area (Å²) in [7, 11) is 0. The van der Waals surface area contributed by atoms with E-state index in [1.165, 1.54) is 12.1 Å². The lowest BCUT2D eigenvalue weighted by Gasteiger charge is -1.98. The molecule has 0 amide bonds. The van der Waals surface area contributed by atoms with Crippen LogP contribution in [-0.2, 0) is 9.84 Å². The second-order valence-electron chi connectivity index (χ2n) is 3.33. The van der Waals surface area contributed by atoms with Gasteiger partial charge >= 0.3 is 12.1 Å². The number of hydrogen-bond donors (Lipinski definition) is 0. The molecule has 0 saturated heterocycles. The summed E-state index contributed by atoms with van der Waals surface area (Å²) in [6.45, 7) is 1.70. The average molecular weight is 267 g/mol. The van der Waals surface area contributed by atoms with Crippen molar-refractivity contribution in [3.05, 3.63) is 47.6 Å². The monoisotopic (exact) mass is 267 g/mol. The summed E-state index contributed by atoms with van der Waals surface area (Å²) in [4.78, 5) is 0. The quantitative estimate of drug-likeness (QED) is 0.468. The van der Waals surface area contributed by atoms with Crippen LogP contribution in [0.4, 0.5) is 13.2 Å². The Morgan fingerprint density at radius 1 is 1.26 bits per heavy atom. The van der Waals surface area contributed by atoms with Gasteiger partial charge in [-0.2, -0.15) is 13.2 Å². The van der Waals surface area contributed by atoms with Crippen LogP contribution in [-0.4, -0.2) is 12.8 Å². The van der Waals surface area contributed by atoms with Crippen molar-refractivity contribution >= 4 is 5.57 Å². The van der Waals surface area contributed by atoms with Crippen molar-refractivity contribution in [2.45, 2.75) is 13.1 Å². The van der Waals surface area contributed by atoms with Crippen molar-refractivity contribution in [1.82, 2.24) is 0 Å². The summed E-state index contributed by atoms with van der Waals surface area (Å²) in [6, 6.07) is 8.01. The molecule has 19 heavy (non-hydrogen) atoms. The lowest BCUT2D eigenvalue weighted by Crippen LogP contribution is -2.01. The van der Waals surface area contributed by atoms with E-state index in [1.807, 2.05) is 5.92 Å². The fourth-order valence-corrected chi connectivity index (χ4v) is 1.18. The first kappa shape index (κ1) is 14.7. The zero-order valence-corrected chi connectivity index (χ0v) is 10.0. The highest BCUT2D eigenvalue weighted by atomic mass is 19.4. The van der Waals surface area contributed by atoms with E-state index in [-0.39, 0.29) is 12.2 Å². The van der Waals surface area contributed by atoms with Crippen LogP contribution in [0.3, 0.4) is 0 Å². The summed E-state index contributed by atoms with van der Waals surface area (Å²) in [5.41, 5.74) is 2.40. The third-order valence-corrected chi connectivity index (χ3v) is 1.89. The second-order valence-corrected chi connectivity index (χ2v) is 3.33. The van der Waals surface area contributed by atoms with Gasteiger partial charge in [-0.15, -0.1) is 0 Å². The van der Waals surface area contributed by atoms with Gasteiger partial charge in [0.25, 0.3) is 0 Å². The van der Waals surface area contributed by atoms with Gasteiger partial charge in [-0.1, -0.05) is 30.3 Å². The summed E-state index contributed by atoms with van der Waals surface area (Å²) >= 11 is 0. The van der Waals surface area contributed by atoms with Gasteiger partial charge in [0.15, 0.2) is 0 Å². The van der Waals surface area contributed by atoms with Gasteiger partial charge in [0.2, 0.25) is 0 Å². The maximum atomic E-state index is 12.1. The first-order chi connectivity index (χ1) is 8.92. The Morgan fingerprint density at radius 2 is 1.89 bits per heavy atom. The van der Waals surface area contributed by atoms with Gasteiger partial charge in [-0.05, 0) is 24.1 Å². The number of halogens is 3. The van der Waals surface area contributed by atoms with Crippen molar-refractivity contribution < 1.29 is 23.0 Å². The van der Waals surface area contributed by atoms with E-state index in [4.69, 9.17) is 0 Å². The molecule has 1 rings (SSSR count). The Bertz CT molecular complexity index is 542. The van der Waals surface area contributed by atoms with Gasteiger partial charge in [-0.25, -0.2) is 5.11 Å². The highest BCUT2D eigenvalue weighted by Gasteiger charge is 2.23. The summed E-state index contributed by atoms with van der Waals surface area (Å²) < 4.78 is 40.9. The van der Waals surface area contributed by atoms with Crippen LogP contribution >= 0.6 is 0 Å². The summed E-state index contributed by atoms with van der Waals surface area (Å²) in [5, 5.41) is 11.2. The second kappa shape index (κ2) is 6.58. The van der Waals surface area contributed by atoms with Crippen molar-refractivity contribution in [3.63, 3.8) is 0 Å². The smallest absolute Gasteiger partial charge is 0.457 e. The average Bonchev–Trinajstić information content (AvgIpc) is 2.35. The fourth-order valence-electron chi connectivity index (χ4n) is 1.18. The standard InChI is InChI=1S/C14H10F3O2/c1-2-19-13(18)10-12(8-9-14(15,16)17)11-6-4-3-5-7-11/h3-7H,2H2,1H3. The summed E-state index contributed by atoms with van der Waals surface area (Å²) in [6.07, 6.45) is -4.63. The zero-order chi connectivity index (χ0) is 14.3. The molecule has 1 aromatic carbocycles. The predicted octanol–water partition coefficient (Wildman–Crippen LogP) is 3.54. The van der Waals surface area contributed by atoms with Crippen LogP contribution in [0, 0.1) is 11.8 Å². The van der Waals surface area contributed by atoms with Crippen LogP contribution in [0.5, 0.6) is 0 Å². The van der Waals surface area contributed by atoms with E-state index in [0.29, 0.717) is 5.56 Å². The first-order valence-corrected chi connectivity index (χ1v) is 5.38. The predicted molar refractivity (Wildman–Crippen MR) is 63.0 cm³/mol. The maximum absolute atomic E-state index is 12.1. The molecule has 0 aliphatic rings. The Hall–Kier alpha value is -2.31. The molecule has 0 atom stereocenters. The molecule has 5 heteroatoms. The van der Waals surface area contributed by atoms with Crippen LogP contribution in [0.15, 0.2) is 42.0 Å². The van der Waals surface area contributed by atoms with Crippen molar-refractivity contribution in [3.8, 4) is 11.8 Å². The first-order valence-electron chi connectivity index (χ1n) is 5.38. The molecule has 0 bridgehead atoms. The third-order valence-electron chi connectivity index (χ3n) is 1.89. The fraction of sp³-hybridized carbons (Fsp3) is 0.214. The maximum Gasteiger partial charge on any atom is 0.458 e. The molecule has 0 aliphatic heterocycles. The molecule has 1 radical (unpaired) electrons. The number of allylic oxidation sites excluding steroid dienone is 1. The molecule has 0 N–H and O–H groups in total. The Balaban J connectivity index is 3.27. The van der Waals surface area contributed by atoms with E-state index in [9.17, 15) is 18.3 Å². The molecule has 0 fully saturated rings. The molecule has 0 heterocycles. The molecule has 0 aromatic heterocycles. The van der Waals surface area contributed by atoms with Crippen molar-refractivity contribution in [1.29, 1.82) is 0 Å². The van der Waals surface area contributed by atoms with Crippen LogP contribution < -0.4 is 0 Å². The van der Waals surface area contributed by atoms with E-state index in [1.54, 1.807) is 25.1 Å². The Morgan fingerprint density at radius 3 is 2.42 bits per heavy atom. The number of rotatable bonds is 3. The minimum absolute atomic E-state index is 0.112. The molecule has 0 saturated carbocycles. The minimum atomic E-state index is -4.63. The van der Waals surface area contributed by atoms with E-state index in [0.717, 1.165) is 5.92 Å². The molecule has 2 nitrogen and oxygen atoms in total. The Labute approximate surface area is 108 Å².